The third-order valence-corrected chi connectivity index (χ3v) is 10.5. The van der Waals surface area contributed by atoms with E-state index in [2.05, 4.69) is 68.6 Å². The van der Waals surface area contributed by atoms with Crippen molar-refractivity contribution in [3.63, 3.8) is 0 Å². The summed E-state index contributed by atoms with van der Waals surface area (Å²) in [5.74, 6) is -0.642. The molecule has 3 N–H and O–H groups in total. The number of amides is 1. The zero-order chi connectivity index (χ0) is 43.8. The monoisotopic (exact) mass is 834 g/mol. The van der Waals surface area contributed by atoms with Crippen molar-refractivity contribution in [2.24, 2.45) is 0 Å². The van der Waals surface area contributed by atoms with Gasteiger partial charge in [0.25, 0.3) is 0 Å². The Bertz CT molecular complexity index is 1210. The minimum atomic E-state index is -0.826. The summed E-state index contributed by atoms with van der Waals surface area (Å²) < 4.78 is 5.81. The van der Waals surface area contributed by atoms with Gasteiger partial charge in [0, 0.05) is 12.8 Å². The number of allylic oxidation sites excluding steroid dienone is 15. The Kier molecular flexibility index (Phi) is 44.3. The van der Waals surface area contributed by atoms with Gasteiger partial charge in [-0.2, -0.15) is 0 Å². The van der Waals surface area contributed by atoms with Gasteiger partial charge >= 0.3 is 5.97 Å². The number of carbonyl (C=O) groups excluding carboxylic acids is 2. The number of carbonyl (C=O) groups is 2. The molecule has 0 saturated heterocycles. The highest BCUT2D eigenvalue weighted by atomic mass is 16.5. The molecule has 0 fully saturated rings. The van der Waals surface area contributed by atoms with Gasteiger partial charge in [-0.25, -0.2) is 0 Å². The predicted molar refractivity (Wildman–Crippen MR) is 259 cm³/mol. The molecule has 0 radical (unpaired) electrons. The Morgan fingerprint density at radius 1 is 0.533 bits per heavy atom. The molecule has 3 atom stereocenters. The van der Waals surface area contributed by atoms with E-state index in [9.17, 15) is 19.8 Å². The minimum absolute atomic E-state index is 0.0327. The summed E-state index contributed by atoms with van der Waals surface area (Å²) in [4.78, 5) is 26.0. The molecule has 1 amide bonds. The van der Waals surface area contributed by atoms with Gasteiger partial charge in [0.1, 0.15) is 6.10 Å². The third kappa shape index (κ3) is 41.5. The van der Waals surface area contributed by atoms with Crippen molar-refractivity contribution in [1.29, 1.82) is 0 Å². The van der Waals surface area contributed by atoms with Crippen molar-refractivity contribution in [3.8, 4) is 0 Å². The van der Waals surface area contributed by atoms with E-state index >= 15 is 0 Å². The summed E-state index contributed by atoms with van der Waals surface area (Å²) in [5.41, 5.74) is 0. The summed E-state index contributed by atoms with van der Waals surface area (Å²) in [5, 5.41) is 23.7. The molecular weight excluding hydrogens is 743 g/mol. The average Bonchev–Trinajstić information content (AvgIpc) is 3.24. The van der Waals surface area contributed by atoms with Gasteiger partial charge in [0.2, 0.25) is 5.91 Å². The lowest BCUT2D eigenvalue weighted by Crippen LogP contribution is -2.46. The third-order valence-electron chi connectivity index (χ3n) is 10.5. The molecule has 0 aromatic rings. The molecule has 0 aliphatic heterocycles. The molecule has 0 heterocycles. The first-order valence-electron chi connectivity index (χ1n) is 24.5. The number of unbranched alkanes of at least 4 members (excludes halogenated alkanes) is 19. The van der Waals surface area contributed by atoms with Crippen molar-refractivity contribution in [3.05, 3.63) is 97.2 Å². The van der Waals surface area contributed by atoms with E-state index in [1.54, 1.807) is 0 Å². The van der Waals surface area contributed by atoms with Crippen LogP contribution >= 0.6 is 0 Å². The molecule has 3 unspecified atom stereocenters. The van der Waals surface area contributed by atoms with Crippen LogP contribution < -0.4 is 5.32 Å². The normalized spacial score (nSPS) is 14.2. The van der Waals surface area contributed by atoms with Crippen LogP contribution in [0.15, 0.2) is 97.2 Å². The van der Waals surface area contributed by atoms with Crippen molar-refractivity contribution in [2.75, 3.05) is 6.61 Å². The van der Waals surface area contributed by atoms with Crippen LogP contribution in [-0.4, -0.2) is 46.9 Å². The Hall–Kier alpha value is -3.22. The lowest BCUT2D eigenvalue weighted by Gasteiger charge is -2.24. The molecule has 0 aliphatic rings. The maximum Gasteiger partial charge on any atom is 0.306 e. The fourth-order valence-electron chi connectivity index (χ4n) is 6.88. The Morgan fingerprint density at radius 2 is 1.00 bits per heavy atom. The summed E-state index contributed by atoms with van der Waals surface area (Å²) in [6.07, 6.45) is 62.1. The van der Waals surface area contributed by atoms with Gasteiger partial charge in [-0.1, -0.05) is 234 Å². The number of hydrogen-bond acceptors (Lipinski definition) is 5. The molecule has 60 heavy (non-hydrogen) atoms. The van der Waals surface area contributed by atoms with Crippen molar-refractivity contribution < 1.29 is 24.5 Å². The van der Waals surface area contributed by atoms with Crippen molar-refractivity contribution in [1.82, 2.24) is 5.32 Å². The molecule has 0 aromatic heterocycles. The Labute approximate surface area is 369 Å². The molecule has 342 valence electrons. The molecule has 6 heteroatoms. The molecule has 0 aliphatic carbocycles. The molecule has 0 spiro atoms. The second kappa shape index (κ2) is 46.8. The number of ether oxygens (including phenoxy) is 1. The highest BCUT2D eigenvalue weighted by molar-refractivity contribution is 5.77. The van der Waals surface area contributed by atoms with Gasteiger partial charge in [-0.15, -0.1) is 0 Å². The van der Waals surface area contributed by atoms with Crippen LogP contribution in [0.5, 0.6) is 0 Å². The number of hydrogen-bond donors (Lipinski definition) is 3. The summed E-state index contributed by atoms with van der Waals surface area (Å²) >= 11 is 0. The highest BCUT2D eigenvalue weighted by Crippen LogP contribution is 2.16. The molecule has 0 saturated carbocycles. The number of nitrogens with one attached hydrogen (secondary N) is 1. The first-order valence-corrected chi connectivity index (χ1v) is 24.5. The van der Waals surface area contributed by atoms with Gasteiger partial charge in [-0.05, 0) is 51.4 Å². The molecule has 0 rings (SSSR count). The van der Waals surface area contributed by atoms with Crippen LogP contribution in [0.4, 0.5) is 0 Å². The Balaban J connectivity index is 4.67. The maximum absolute atomic E-state index is 13.1. The van der Waals surface area contributed by atoms with E-state index in [4.69, 9.17) is 4.74 Å². The van der Waals surface area contributed by atoms with Crippen LogP contribution in [0.25, 0.3) is 0 Å². The van der Waals surface area contributed by atoms with E-state index in [0.29, 0.717) is 19.3 Å². The van der Waals surface area contributed by atoms with Crippen LogP contribution in [-0.2, 0) is 14.3 Å². The largest absolute Gasteiger partial charge is 0.461 e. The summed E-state index contributed by atoms with van der Waals surface area (Å²) in [6, 6.07) is -0.749. The SMILES string of the molecule is CC/C=C/C=C/C=C\C=C/C=C/CC(CC(=O)NC(CO)C(O)CCCCCCCCCCCCCCCCCC)OC(=O)CCCCCC/C=C/C/C=C/C/C=C/CC. The minimum Gasteiger partial charge on any atom is -0.461 e. The van der Waals surface area contributed by atoms with Crippen LogP contribution in [0, 0.1) is 0 Å². The van der Waals surface area contributed by atoms with Crippen molar-refractivity contribution in [2.45, 2.75) is 225 Å². The number of aliphatic hydroxyl groups is 2. The van der Waals surface area contributed by atoms with Gasteiger partial charge in [-0.3, -0.25) is 9.59 Å². The van der Waals surface area contributed by atoms with E-state index < -0.39 is 18.2 Å². The summed E-state index contributed by atoms with van der Waals surface area (Å²) in [7, 11) is 0. The van der Waals surface area contributed by atoms with Gasteiger partial charge < -0.3 is 20.3 Å². The predicted octanol–water partition coefficient (Wildman–Crippen LogP) is 14.6. The number of aliphatic hydroxyl groups excluding tert-OH is 2. The second-order valence-corrected chi connectivity index (χ2v) is 16.2. The number of rotatable bonds is 42. The fourth-order valence-corrected chi connectivity index (χ4v) is 6.88. The van der Waals surface area contributed by atoms with E-state index in [-0.39, 0.29) is 24.9 Å². The van der Waals surface area contributed by atoms with Crippen molar-refractivity contribution >= 4 is 11.9 Å². The molecule has 0 aromatic carbocycles. The molecular formula is C54H91NO5. The highest BCUT2D eigenvalue weighted by Gasteiger charge is 2.23. The topological polar surface area (TPSA) is 95.9 Å². The first kappa shape index (κ1) is 56.8. The quantitative estimate of drug-likeness (QED) is 0.0246. The van der Waals surface area contributed by atoms with E-state index in [1.165, 1.54) is 83.5 Å². The zero-order valence-corrected chi connectivity index (χ0v) is 38.8. The summed E-state index contributed by atoms with van der Waals surface area (Å²) in [6.45, 7) is 6.17. The van der Waals surface area contributed by atoms with E-state index in [0.717, 1.165) is 77.0 Å². The van der Waals surface area contributed by atoms with E-state index in [1.807, 2.05) is 54.7 Å². The van der Waals surface area contributed by atoms with Crippen LogP contribution in [0.3, 0.4) is 0 Å². The second-order valence-electron chi connectivity index (χ2n) is 16.2. The van der Waals surface area contributed by atoms with Gasteiger partial charge in [0.05, 0.1) is 25.2 Å². The standard InChI is InChI=1S/C54H91NO5/c1-4-7-10-13-16-19-22-24-26-27-28-31-34-37-40-43-46-52(57)51(49-56)55-53(58)48-50(45-42-39-36-33-30-21-18-15-12-9-6-3)60-54(59)47-44-41-38-35-32-29-25-23-20-17-14-11-8-5-2/h8-9,11-12,15,17-18,20-21,25,29-30,33,36,39,42,50-52,56-57H,4-7,10,13-14,16,19,22-24,26-28,31-32,34-35,37-38,40-41,43-49H2,1-3H3,(H,55,58)/b11-8+,12-9+,18-15+,20-17+,29-25+,30-21-,36-33-,42-39+. The molecule has 0 bridgehead atoms. The lowest BCUT2D eigenvalue weighted by atomic mass is 10.0. The Morgan fingerprint density at radius 3 is 1.55 bits per heavy atom. The average molecular weight is 834 g/mol. The first-order chi connectivity index (χ1) is 29.5. The zero-order valence-electron chi connectivity index (χ0n) is 38.8. The fraction of sp³-hybridized carbons (Fsp3) is 0.667. The maximum atomic E-state index is 13.1. The molecule has 6 nitrogen and oxygen atoms in total. The van der Waals surface area contributed by atoms with Gasteiger partial charge in [0.15, 0.2) is 0 Å². The van der Waals surface area contributed by atoms with Crippen LogP contribution in [0.1, 0.15) is 207 Å². The van der Waals surface area contributed by atoms with Crippen LogP contribution in [0.2, 0.25) is 0 Å². The lowest BCUT2D eigenvalue weighted by molar-refractivity contribution is -0.150. The number of esters is 1. The smallest absolute Gasteiger partial charge is 0.306 e.